The lowest BCUT2D eigenvalue weighted by Gasteiger charge is -2.33. The molecule has 1 aromatic rings. The van der Waals surface area contributed by atoms with Gasteiger partial charge in [-0.25, -0.2) is 4.39 Å². The number of alkyl halides is 1. The van der Waals surface area contributed by atoms with Crippen LogP contribution in [-0.2, 0) is 12.2 Å². The number of hydrogen-bond acceptors (Lipinski definition) is 3. The summed E-state index contributed by atoms with van der Waals surface area (Å²) in [6.07, 6.45) is 4.14. The predicted molar refractivity (Wildman–Crippen MR) is 77.7 cm³/mol. The van der Waals surface area contributed by atoms with Gasteiger partial charge in [-0.3, -0.25) is 4.68 Å². The molecule has 1 aliphatic rings. The molecule has 0 radical (unpaired) electrons. The number of nitrogens with two attached hydrogens (primary N) is 1. The Morgan fingerprint density at radius 2 is 2.16 bits per heavy atom. The summed E-state index contributed by atoms with van der Waals surface area (Å²) in [4.78, 5) is 2.07. The van der Waals surface area contributed by atoms with E-state index in [1.165, 1.54) is 0 Å². The van der Waals surface area contributed by atoms with Crippen molar-refractivity contribution in [3.05, 3.63) is 16.4 Å². The van der Waals surface area contributed by atoms with Crippen molar-refractivity contribution in [1.29, 1.82) is 0 Å². The molecule has 0 bridgehead atoms. The molecule has 108 valence electrons. The second-order valence-electron chi connectivity index (χ2n) is 5.67. The van der Waals surface area contributed by atoms with Gasteiger partial charge in [0.1, 0.15) is 0 Å². The Balaban J connectivity index is 2.20. The van der Waals surface area contributed by atoms with Gasteiger partial charge in [0.15, 0.2) is 5.67 Å². The van der Waals surface area contributed by atoms with E-state index < -0.39 is 5.67 Å². The maximum atomic E-state index is 15.2. The van der Waals surface area contributed by atoms with Crippen LogP contribution >= 0.6 is 15.9 Å². The molecule has 0 saturated heterocycles. The topological polar surface area (TPSA) is 47.1 Å². The van der Waals surface area contributed by atoms with E-state index in [1.54, 1.807) is 10.9 Å². The normalized spacial score (nSPS) is 28.0. The predicted octanol–water partition coefficient (Wildman–Crippen LogP) is 2.27. The first-order valence-corrected chi connectivity index (χ1v) is 7.53. The third-order valence-corrected chi connectivity index (χ3v) is 4.38. The summed E-state index contributed by atoms with van der Waals surface area (Å²) >= 11 is 3.44. The van der Waals surface area contributed by atoms with E-state index in [1.807, 2.05) is 14.1 Å². The van der Waals surface area contributed by atoms with Crippen molar-refractivity contribution in [2.24, 2.45) is 5.73 Å². The van der Waals surface area contributed by atoms with Gasteiger partial charge in [-0.15, -0.1) is 0 Å². The summed E-state index contributed by atoms with van der Waals surface area (Å²) in [5, 5.41) is 4.30. The van der Waals surface area contributed by atoms with Crippen LogP contribution in [0, 0.1) is 0 Å². The summed E-state index contributed by atoms with van der Waals surface area (Å²) in [5.74, 6) is 0. The molecule has 0 atom stereocenters. The summed E-state index contributed by atoms with van der Waals surface area (Å²) in [6.45, 7) is 1.54. The van der Waals surface area contributed by atoms with Crippen LogP contribution in [-0.4, -0.2) is 41.4 Å². The fraction of sp³-hybridized carbons (Fsp3) is 0.769. The molecule has 19 heavy (non-hydrogen) atoms. The van der Waals surface area contributed by atoms with Crippen molar-refractivity contribution in [2.75, 3.05) is 20.6 Å². The first kappa shape index (κ1) is 14.9. The summed E-state index contributed by atoms with van der Waals surface area (Å²) in [7, 11) is 4.01. The van der Waals surface area contributed by atoms with Crippen molar-refractivity contribution in [3.63, 3.8) is 0 Å². The van der Waals surface area contributed by atoms with Gasteiger partial charge in [-0.2, -0.15) is 5.10 Å². The smallest absolute Gasteiger partial charge is 0.153 e. The van der Waals surface area contributed by atoms with Gasteiger partial charge in [-0.05, 0) is 55.7 Å². The van der Waals surface area contributed by atoms with Crippen LogP contribution in [0.3, 0.4) is 0 Å². The van der Waals surface area contributed by atoms with Crippen LogP contribution < -0.4 is 5.73 Å². The molecular weight excluding hydrogens is 311 g/mol. The molecule has 0 amide bonds. The number of halogens is 2. The average Bonchev–Trinajstić information content (AvgIpc) is 2.73. The SMILES string of the molecule is CN(C)CCn1ncc(Br)c1C1(F)CCC(N)CC1. The monoisotopic (exact) mass is 332 g/mol. The van der Waals surface area contributed by atoms with Crippen LogP contribution in [0.1, 0.15) is 31.4 Å². The number of likely N-dealkylation sites (N-methyl/N-ethyl adjacent to an activating group) is 1. The fourth-order valence-electron chi connectivity index (χ4n) is 2.61. The number of nitrogens with zero attached hydrogens (tertiary/aromatic N) is 3. The van der Waals surface area contributed by atoms with Crippen molar-refractivity contribution in [3.8, 4) is 0 Å². The van der Waals surface area contributed by atoms with Gasteiger partial charge < -0.3 is 10.6 Å². The Bertz CT molecular complexity index is 424. The van der Waals surface area contributed by atoms with Crippen molar-refractivity contribution < 1.29 is 4.39 Å². The molecule has 1 aliphatic carbocycles. The highest BCUT2D eigenvalue weighted by Crippen LogP contribution is 2.43. The first-order chi connectivity index (χ1) is 8.92. The Labute approximate surface area is 122 Å². The van der Waals surface area contributed by atoms with Gasteiger partial charge >= 0.3 is 0 Å². The molecule has 0 aliphatic heterocycles. The molecule has 0 spiro atoms. The zero-order chi connectivity index (χ0) is 14.0. The minimum atomic E-state index is -1.29. The Kier molecular flexibility index (Phi) is 4.63. The zero-order valence-corrected chi connectivity index (χ0v) is 13.2. The molecule has 1 saturated carbocycles. The third kappa shape index (κ3) is 3.35. The van der Waals surface area contributed by atoms with E-state index >= 15 is 4.39 Å². The minimum Gasteiger partial charge on any atom is -0.328 e. The van der Waals surface area contributed by atoms with Gasteiger partial charge in [-0.1, -0.05) is 0 Å². The van der Waals surface area contributed by atoms with Crippen molar-refractivity contribution in [1.82, 2.24) is 14.7 Å². The molecular formula is C13H22BrFN4. The van der Waals surface area contributed by atoms with Crippen LogP contribution in [0.4, 0.5) is 4.39 Å². The molecule has 0 aromatic carbocycles. The molecule has 2 rings (SSSR count). The summed E-state index contributed by atoms with van der Waals surface area (Å²) in [6, 6.07) is 0.140. The molecule has 4 nitrogen and oxygen atoms in total. The second-order valence-corrected chi connectivity index (χ2v) is 6.52. The fourth-order valence-corrected chi connectivity index (χ4v) is 3.26. The van der Waals surface area contributed by atoms with Crippen molar-refractivity contribution in [2.45, 2.75) is 43.9 Å². The Hall–Kier alpha value is -0.460. The van der Waals surface area contributed by atoms with Crippen LogP contribution in [0.5, 0.6) is 0 Å². The third-order valence-electron chi connectivity index (χ3n) is 3.80. The minimum absolute atomic E-state index is 0.140. The van der Waals surface area contributed by atoms with Gasteiger partial charge in [0.25, 0.3) is 0 Å². The van der Waals surface area contributed by atoms with Gasteiger partial charge in [0, 0.05) is 12.6 Å². The number of aromatic nitrogens is 2. The lowest BCUT2D eigenvalue weighted by atomic mass is 9.81. The summed E-state index contributed by atoms with van der Waals surface area (Å²) < 4.78 is 17.8. The van der Waals surface area contributed by atoms with E-state index in [2.05, 4.69) is 25.9 Å². The standard InChI is InChI=1S/C13H22BrFN4/c1-18(2)7-8-19-12(11(14)9-17-19)13(15)5-3-10(16)4-6-13/h9-10H,3-8,16H2,1-2H3. The second kappa shape index (κ2) is 5.89. The largest absolute Gasteiger partial charge is 0.328 e. The number of rotatable bonds is 4. The van der Waals surface area contributed by atoms with E-state index in [0.29, 0.717) is 25.1 Å². The maximum Gasteiger partial charge on any atom is 0.153 e. The van der Waals surface area contributed by atoms with Crippen LogP contribution in [0.15, 0.2) is 10.7 Å². The molecule has 1 fully saturated rings. The highest BCUT2D eigenvalue weighted by atomic mass is 79.9. The van der Waals surface area contributed by atoms with Gasteiger partial charge in [0.05, 0.1) is 22.9 Å². The first-order valence-electron chi connectivity index (χ1n) is 6.73. The molecule has 1 heterocycles. The maximum absolute atomic E-state index is 15.2. The lowest BCUT2D eigenvalue weighted by Crippen LogP contribution is -2.36. The van der Waals surface area contributed by atoms with Gasteiger partial charge in [0.2, 0.25) is 0 Å². The Morgan fingerprint density at radius 1 is 1.53 bits per heavy atom. The molecule has 2 N–H and O–H groups in total. The van der Waals surface area contributed by atoms with E-state index in [0.717, 1.165) is 23.9 Å². The number of hydrogen-bond donors (Lipinski definition) is 1. The van der Waals surface area contributed by atoms with E-state index in [-0.39, 0.29) is 6.04 Å². The van der Waals surface area contributed by atoms with E-state index in [9.17, 15) is 0 Å². The van der Waals surface area contributed by atoms with Crippen molar-refractivity contribution >= 4 is 15.9 Å². The zero-order valence-electron chi connectivity index (χ0n) is 11.6. The summed E-state index contributed by atoms with van der Waals surface area (Å²) in [5.41, 5.74) is 5.26. The highest BCUT2D eigenvalue weighted by Gasteiger charge is 2.40. The Morgan fingerprint density at radius 3 is 2.74 bits per heavy atom. The van der Waals surface area contributed by atoms with Crippen LogP contribution in [0.25, 0.3) is 0 Å². The molecule has 6 heteroatoms. The lowest BCUT2D eigenvalue weighted by molar-refractivity contribution is 0.0855. The molecule has 1 aromatic heterocycles. The van der Waals surface area contributed by atoms with E-state index in [4.69, 9.17) is 5.73 Å². The average molecular weight is 333 g/mol. The quantitative estimate of drug-likeness (QED) is 0.920. The van der Waals surface area contributed by atoms with Crippen LogP contribution in [0.2, 0.25) is 0 Å². The molecule has 0 unspecified atom stereocenters. The highest BCUT2D eigenvalue weighted by molar-refractivity contribution is 9.10.